The van der Waals surface area contributed by atoms with Gasteiger partial charge >= 0.3 is 12.0 Å². The number of likely N-dealkylation sites (N-methyl/N-ethyl adjacent to an activating group) is 1. The summed E-state index contributed by atoms with van der Waals surface area (Å²) in [7, 11) is 1.70. The van der Waals surface area contributed by atoms with E-state index in [9.17, 15) is 9.59 Å². The summed E-state index contributed by atoms with van der Waals surface area (Å²) in [5.41, 5.74) is 0.953. The number of hydrogen-bond donors (Lipinski definition) is 0. The monoisotopic (exact) mass is 361 g/mol. The zero-order valence-corrected chi connectivity index (χ0v) is 16.4. The largest absolute Gasteiger partial charge is 0.416 e. The molecule has 3 heterocycles. The number of nitrogens with zero attached hydrogens (tertiary/aromatic N) is 6. The topological polar surface area (TPSA) is 71.6 Å². The van der Waals surface area contributed by atoms with Gasteiger partial charge in [0.15, 0.2) is 0 Å². The summed E-state index contributed by atoms with van der Waals surface area (Å²) in [4.78, 5) is 33.4. The summed E-state index contributed by atoms with van der Waals surface area (Å²) in [6, 6.07) is -0.869. The van der Waals surface area contributed by atoms with Crippen molar-refractivity contribution >= 4 is 29.4 Å². The predicted octanol–water partition coefficient (Wildman–Crippen LogP) is 1.71. The van der Waals surface area contributed by atoms with Crippen molar-refractivity contribution in [3.8, 4) is 0 Å². The quantitative estimate of drug-likeness (QED) is 0.676. The molecule has 0 N–H and O–H groups in total. The number of fused-ring (bicyclic) bond motifs is 2. The lowest BCUT2D eigenvalue weighted by molar-refractivity contribution is -0.559. The number of imide groups is 1. The summed E-state index contributed by atoms with van der Waals surface area (Å²) in [5.74, 6) is 1.02. The number of amidine groups is 1. The summed E-state index contributed by atoms with van der Waals surface area (Å²) in [6.07, 6.45) is 3.78. The molecule has 0 aliphatic carbocycles. The first-order chi connectivity index (χ1) is 12.4. The van der Waals surface area contributed by atoms with Crippen LogP contribution in [-0.2, 0) is 4.79 Å². The second-order valence-electron chi connectivity index (χ2n) is 7.16. The van der Waals surface area contributed by atoms with Gasteiger partial charge in [0.2, 0.25) is 11.9 Å². The van der Waals surface area contributed by atoms with Gasteiger partial charge in [0.25, 0.3) is 5.91 Å². The van der Waals surface area contributed by atoms with Crippen LogP contribution >= 0.6 is 0 Å². The SMILES string of the molecule is CCCCN1N=C(C)C(C)[N+]2=C1N=C1C2C(=O)N(CCCC)C(=O)N1C. The molecular weight excluding hydrogens is 332 g/mol. The minimum Gasteiger partial charge on any atom is -0.270 e. The highest BCUT2D eigenvalue weighted by Gasteiger charge is 2.55. The number of carbonyl (C=O) groups excluding carboxylic acids is 2. The fourth-order valence-electron chi connectivity index (χ4n) is 3.56. The van der Waals surface area contributed by atoms with Gasteiger partial charge in [0.05, 0.1) is 12.3 Å². The van der Waals surface area contributed by atoms with Crippen LogP contribution in [0.15, 0.2) is 10.1 Å². The highest BCUT2D eigenvalue weighted by atomic mass is 16.2. The van der Waals surface area contributed by atoms with E-state index < -0.39 is 6.04 Å². The maximum absolute atomic E-state index is 13.2. The third kappa shape index (κ3) is 2.81. The molecule has 3 rings (SSSR count). The smallest absolute Gasteiger partial charge is 0.270 e. The van der Waals surface area contributed by atoms with Gasteiger partial charge in [0.1, 0.15) is 6.04 Å². The molecule has 0 aromatic carbocycles. The Balaban J connectivity index is 1.99. The number of hydrogen-bond acceptors (Lipinski definition) is 5. The maximum Gasteiger partial charge on any atom is 0.416 e. The van der Waals surface area contributed by atoms with Gasteiger partial charge in [-0.15, -0.1) is 10.1 Å². The van der Waals surface area contributed by atoms with E-state index in [4.69, 9.17) is 0 Å². The molecule has 142 valence electrons. The van der Waals surface area contributed by atoms with Gasteiger partial charge in [-0.25, -0.2) is 9.37 Å². The van der Waals surface area contributed by atoms with Crippen LogP contribution < -0.4 is 0 Å². The first-order valence-corrected chi connectivity index (χ1v) is 9.57. The number of amides is 3. The Morgan fingerprint density at radius 2 is 1.77 bits per heavy atom. The van der Waals surface area contributed by atoms with Gasteiger partial charge in [-0.2, -0.15) is 0 Å². The fourth-order valence-corrected chi connectivity index (χ4v) is 3.56. The Labute approximate surface area is 154 Å². The van der Waals surface area contributed by atoms with E-state index in [1.54, 1.807) is 7.05 Å². The van der Waals surface area contributed by atoms with Gasteiger partial charge in [0, 0.05) is 13.6 Å². The van der Waals surface area contributed by atoms with Gasteiger partial charge in [-0.3, -0.25) is 14.6 Å². The van der Waals surface area contributed by atoms with Crippen molar-refractivity contribution in [1.82, 2.24) is 14.8 Å². The molecule has 0 bridgehead atoms. The average Bonchev–Trinajstić information content (AvgIpc) is 3.03. The van der Waals surface area contributed by atoms with E-state index in [1.807, 2.05) is 23.4 Å². The van der Waals surface area contributed by atoms with Crippen molar-refractivity contribution in [3.63, 3.8) is 0 Å². The number of urea groups is 1. The summed E-state index contributed by atoms with van der Waals surface area (Å²) >= 11 is 0. The number of rotatable bonds is 6. The van der Waals surface area contributed by atoms with Crippen LogP contribution in [0.3, 0.4) is 0 Å². The molecule has 0 aromatic heterocycles. The number of unbranched alkanes of at least 4 members (excludes halogenated alkanes) is 2. The molecule has 0 radical (unpaired) electrons. The summed E-state index contributed by atoms with van der Waals surface area (Å²) in [6.45, 7) is 9.40. The lowest BCUT2D eigenvalue weighted by Gasteiger charge is -2.35. The maximum atomic E-state index is 13.2. The van der Waals surface area contributed by atoms with Crippen LogP contribution in [0.25, 0.3) is 0 Å². The molecular formula is C18H29N6O2+. The van der Waals surface area contributed by atoms with Crippen molar-refractivity contribution in [2.45, 2.75) is 65.5 Å². The first kappa shape index (κ1) is 18.5. The molecule has 1 fully saturated rings. The number of aliphatic imine (C=N–C) groups is 1. The molecule has 1 saturated heterocycles. The zero-order valence-electron chi connectivity index (χ0n) is 16.4. The van der Waals surface area contributed by atoms with Crippen molar-refractivity contribution in [1.29, 1.82) is 0 Å². The van der Waals surface area contributed by atoms with Crippen LogP contribution in [0.1, 0.15) is 53.4 Å². The number of carbonyl (C=O) groups is 2. The molecule has 2 atom stereocenters. The molecule has 3 aliphatic heterocycles. The fraction of sp³-hybridized carbons (Fsp3) is 0.722. The second-order valence-corrected chi connectivity index (χ2v) is 7.16. The van der Waals surface area contributed by atoms with Crippen LogP contribution in [0.5, 0.6) is 0 Å². The Hall–Kier alpha value is -2.25. The minimum atomic E-state index is -0.547. The van der Waals surface area contributed by atoms with Crippen LogP contribution in [0.2, 0.25) is 0 Å². The Kier molecular flexibility index (Phi) is 5.11. The third-order valence-corrected chi connectivity index (χ3v) is 5.32. The third-order valence-electron chi connectivity index (χ3n) is 5.32. The van der Waals surface area contributed by atoms with E-state index in [1.165, 1.54) is 9.80 Å². The van der Waals surface area contributed by atoms with Gasteiger partial charge < -0.3 is 0 Å². The summed E-state index contributed by atoms with van der Waals surface area (Å²) < 4.78 is 2.03. The molecule has 0 aromatic rings. The highest BCUT2D eigenvalue weighted by molar-refractivity contribution is 6.23. The standard InChI is InChI=1S/C18H29N6O2/c1-6-8-10-22-16(25)14-15(21(5)18(22)26)19-17-23(11-9-7-2)20-12(3)13(4)24(14)17/h13-14H,6-11H2,1-5H3/q+1. The van der Waals surface area contributed by atoms with Crippen molar-refractivity contribution < 1.29 is 14.2 Å². The van der Waals surface area contributed by atoms with Crippen molar-refractivity contribution in [2.24, 2.45) is 10.1 Å². The Morgan fingerprint density at radius 1 is 1.12 bits per heavy atom. The van der Waals surface area contributed by atoms with Crippen LogP contribution in [0, 0.1) is 0 Å². The van der Waals surface area contributed by atoms with Crippen molar-refractivity contribution in [2.75, 3.05) is 20.1 Å². The van der Waals surface area contributed by atoms with Crippen LogP contribution in [-0.4, -0.2) is 81.1 Å². The zero-order chi connectivity index (χ0) is 19.0. The normalized spacial score (nSPS) is 25.5. The first-order valence-electron chi connectivity index (χ1n) is 9.57. The minimum absolute atomic E-state index is 0.0345. The molecule has 3 aliphatic rings. The van der Waals surface area contributed by atoms with E-state index in [0.29, 0.717) is 18.3 Å². The van der Waals surface area contributed by atoms with E-state index >= 15 is 0 Å². The molecule has 0 spiro atoms. The predicted molar refractivity (Wildman–Crippen MR) is 100 cm³/mol. The molecule has 8 nitrogen and oxygen atoms in total. The molecule has 8 heteroatoms. The van der Waals surface area contributed by atoms with E-state index in [2.05, 4.69) is 23.9 Å². The van der Waals surface area contributed by atoms with E-state index in [-0.39, 0.29) is 18.0 Å². The summed E-state index contributed by atoms with van der Waals surface area (Å²) in [5, 5.41) is 6.56. The number of guanidine groups is 1. The van der Waals surface area contributed by atoms with E-state index in [0.717, 1.165) is 37.9 Å². The molecule has 26 heavy (non-hydrogen) atoms. The molecule has 3 amide bonds. The highest BCUT2D eigenvalue weighted by Crippen LogP contribution is 2.25. The average molecular weight is 361 g/mol. The van der Waals surface area contributed by atoms with Gasteiger partial charge in [-0.05, 0) is 26.7 Å². The number of hydrazone groups is 1. The lowest BCUT2D eigenvalue weighted by Crippen LogP contribution is -2.64. The second kappa shape index (κ2) is 7.17. The molecule has 0 saturated carbocycles. The van der Waals surface area contributed by atoms with Crippen LogP contribution in [0.4, 0.5) is 4.79 Å². The Morgan fingerprint density at radius 3 is 2.42 bits per heavy atom. The van der Waals surface area contributed by atoms with Crippen molar-refractivity contribution in [3.05, 3.63) is 0 Å². The van der Waals surface area contributed by atoms with Gasteiger partial charge in [-0.1, -0.05) is 31.7 Å². The Bertz CT molecular complexity index is 710. The molecule has 2 unspecified atom stereocenters. The lowest BCUT2D eigenvalue weighted by atomic mass is 10.1.